The van der Waals surface area contributed by atoms with E-state index in [0.717, 1.165) is 5.56 Å². The molecule has 0 radical (unpaired) electrons. The van der Waals surface area contributed by atoms with Crippen molar-refractivity contribution in [3.8, 4) is 0 Å². The zero-order valence-electron chi connectivity index (χ0n) is 8.76. The van der Waals surface area contributed by atoms with Crippen LogP contribution in [-0.4, -0.2) is 29.6 Å². The van der Waals surface area contributed by atoms with Crippen LogP contribution >= 0.6 is 15.9 Å². The van der Waals surface area contributed by atoms with Crippen molar-refractivity contribution >= 4 is 21.7 Å². The van der Waals surface area contributed by atoms with Crippen LogP contribution in [0, 0.1) is 6.92 Å². The number of halogens is 4. The second-order valence-corrected chi connectivity index (χ2v) is 4.16. The summed E-state index contributed by atoms with van der Waals surface area (Å²) in [6.45, 7) is 1.05. The number of alkyl halides is 4. The lowest BCUT2D eigenvalue weighted by Crippen LogP contribution is -2.36. The summed E-state index contributed by atoms with van der Waals surface area (Å²) >= 11 is 3.14. The average Bonchev–Trinajstić information content (AvgIpc) is 2.16. The molecule has 0 fully saturated rings. The summed E-state index contributed by atoms with van der Waals surface area (Å²) in [5.41, 5.74) is 0.743. The Hall–Kier alpha value is -0.780. The molecule has 90 valence electrons. The zero-order chi connectivity index (χ0) is 12.2. The molecule has 0 bridgehead atoms. The van der Waals surface area contributed by atoms with Crippen molar-refractivity contribution in [2.24, 2.45) is 0 Å². The first-order chi connectivity index (χ1) is 7.44. The molecule has 0 aliphatic rings. The molecule has 0 saturated heterocycles. The fourth-order valence-corrected chi connectivity index (χ4v) is 1.81. The molecule has 0 aliphatic heterocycles. The van der Waals surface area contributed by atoms with Gasteiger partial charge in [-0.25, -0.2) is 4.98 Å². The third kappa shape index (κ3) is 4.00. The SMILES string of the molecule is Cc1cccnc1N(CCBr)CC(F)(F)F. The van der Waals surface area contributed by atoms with E-state index in [4.69, 9.17) is 0 Å². The molecule has 0 saturated carbocycles. The summed E-state index contributed by atoms with van der Waals surface area (Å²) in [7, 11) is 0. The number of aromatic nitrogens is 1. The van der Waals surface area contributed by atoms with E-state index < -0.39 is 12.7 Å². The quantitative estimate of drug-likeness (QED) is 0.794. The van der Waals surface area contributed by atoms with Gasteiger partial charge in [0.15, 0.2) is 0 Å². The summed E-state index contributed by atoms with van der Waals surface area (Å²) in [5, 5.41) is 0.471. The number of pyridine rings is 1. The smallest absolute Gasteiger partial charge is 0.346 e. The third-order valence-electron chi connectivity index (χ3n) is 2.01. The molecule has 2 nitrogen and oxygen atoms in total. The number of anilines is 1. The van der Waals surface area contributed by atoms with E-state index in [2.05, 4.69) is 20.9 Å². The number of rotatable bonds is 4. The summed E-state index contributed by atoms with van der Waals surface area (Å²) in [6.07, 6.45) is -2.72. The van der Waals surface area contributed by atoms with Gasteiger partial charge in [-0.1, -0.05) is 22.0 Å². The summed E-state index contributed by atoms with van der Waals surface area (Å²) in [5.74, 6) is 0.388. The number of nitrogens with zero attached hydrogens (tertiary/aromatic N) is 2. The van der Waals surface area contributed by atoms with Crippen LogP contribution in [0.5, 0.6) is 0 Å². The van der Waals surface area contributed by atoms with Crippen LogP contribution in [0.15, 0.2) is 18.3 Å². The molecule has 0 spiro atoms. The van der Waals surface area contributed by atoms with E-state index >= 15 is 0 Å². The van der Waals surface area contributed by atoms with Crippen LogP contribution < -0.4 is 4.90 Å². The van der Waals surface area contributed by atoms with E-state index in [-0.39, 0.29) is 6.54 Å². The Morgan fingerprint density at radius 3 is 2.62 bits per heavy atom. The van der Waals surface area contributed by atoms with Gasteiger partial charge in [0, 0.05) is 18.1 Å². The van der Waals surface area contributed by atoms with Crippen molar-refractivity contribution in [3.63, 3.8) is 0 Å². The minimum atomic E-state index is -4.22. The predicted molar refractivity (Wildman–Crippen MR) is 61.0 cm³/mol. The molecule has 16 heavy (non-hydrogen) atoms. The third-order valence-corrected chi connectivity index (χ3v) is 2.36. The lowest BCUT2D eigenvalue weighted by atomic mass is 10.2. The molecule has 0 unspecified atom stereocenters. The van der Waals surface area contributed by atoms with Crippen LogP contribution in [0.25, 0.3) is 0 Å². The van der Waals surface area contributed by atoms with Crippen molar-refractivity contribution < 1.29 is 13.2 Å². The second kappa shape index (κ2) is 5.52. The normalized spacial score (nSPS) is 11.6. The van der Waals surface area contributed by atoms with Gasteiger partial charge in [0.05, 0.1) is 0 Å². The maximum atomic E-state index is 12.4. The van der Waals surface area contributed by atoms with Gasteiger partial charge in [-0.05, 0) is 18.6 Å². The fourth-order valence-electron chi connectivity index (χ4n) is 1.39. The van der Waals surface area contributed by atoms with Gasteiger partial charge in [0.2, 0.25) is 0 Å². The largest absolute Gasteiger partial charge is 0.405 e. The van der Waals surface area contributed by atoms with Crippen LogP contribution in [0.3, 0.4) is 0 Å². The van der Waals surface area contributed by atoms with Crippen molar-refractivity contribution in [2.75, 3.05) is 23.3 Å². The molecule has 1 heterocycles. The Bertz CT molecular complexity index is 341. The molecule has 0 aromatic carbocycles. The monoisotopic (exact) mass is 296 g/mol. The van der Waals surface area contributed by atoms with Crippen LogP contribution in [0.2, 0.25) is 0 Å². The van der Waals surface area contributed by atoms with Crippen LogP contribution in [-0.2, 0) is 0 Å². The Balaban J connectivity index is 2.89. The standard InChI is InChI=1S/C10H12BrF3N2/c1-8-3-2-5-15-9(8)16(6-4-11)7-10(12,13)14/h2-3,5H,4,6-7H2,1H3. The predicted octanol–water partition coefficient (Wildman–Crippen LogP) is 3.15. The molecule has 0 N–H and O–H groups in total. The first-order valence-electron chi connectivity index (χ1n) is 4.73. The maximum absolute atomic E-state index is 12.4. The highest BCUT2D eigenvalue weighted by Gasteiger charge is 2.31. The first-order valence-corrected chi connectivity index (χ1v) is 5.85. The van der Waals surface area contributed by atoms with E-state index in [1.165, 1.54) is 11.1 Å². The minimum absolute atomic E-state index is 0.275. The van der Waals surface area contributed by atoms with E-state index in [9.17, 15) is 13.2 Å². The van der Waals surface area contributed by atoms with Gasteiger partial charge in [-0.15, -0.1) is 0 Å². The number of hydrogen-bond acceptors (Lipinski definition) is 2. The highest BCUT2D eigenvalue weighted by molar-refractivity contribution is 9.09. The first kappa shape index (κ1) is 13.3. The average molecular weight is 297 g/mol. The molecule has 0 atom stereocenters. The Kier molecular flexibility index (Phi) is 4.58. The summed E-state index contributed by atoms with van der Waals surface area (Å²) in [4.78, 5) is 5.21. The molecular weight excluding hydrogens is 285 g/mol. The van der Waals surface area contributed by atoms with Gasteiger partial charge < -0.3 is 4.90 Å². The van der Waals surface area contributed by atoms with Crippen molar-refractivity contribution in [2.45, 2.75) is 13.1 Å². The molecular formula is C10H12BrF3N2. The number of hydrogen-bond donors (Lipinski definition) is 0. The van der Waals surface area contributed by atoms with Crippen molar-refractivity contribution in [1.29, 1.82) is 0 Å². The molecule has 6 heteroatoms. The van der Waals surface area contributed by atoms with Crippen molar-refractivity contribution in [1.82, 2.24) is 4.98 Å². The van der Waals surface area contributed by atoms with Gasteiger partial charge in [0.1, 0.15) is 12.4 Å². The zero-order valence-corrected chi connectivity index (χ0v) is 10.3. The Labute approximate surface area is 101 Å². The highest BCUT2D eigenvalue weighted by atomic mass is 79.9. The van der Waals surface area contributed by atoms with E-state index in [1.54, 1.807) is 19.1 Å². The van der Waals surface area contributed by atoms with Crippen LogP contribution in [0.1, 0.15) is 5.56 Å². The number of aryl methyl sites for hydroxylation is 1. The van der Waals surface area contributed by atoms with Gasteiger partial charge in [-0.3, -0.25) is 0 Å². The lowest BCUT2D eigenvalue weighted by molar-refractivity contribution is -0.119. The lowest BCUT2D eigenvalue weighted by Gasteiger charge is -2.25. The Morgan fingerprint density at radius 2 is 2.12 bits per heavy atom. The highest BCUT2D eigenvalue weighted by Crippen LogP contribution is 2.22. The molecule has 1 aromatic heterocycles. The summed E-state index contributed by atoms with van der Waals surface area (Å²) in [6, 6.07) is 3.46. The molecule has 0 amide bonds. The summed E-state index contributed by atoms with van der Waals surface area (Å²) < 4.78 is 37.1. The minimum Gasteiger partial charge on any atom is -0.346 e. The molecule has 1 rings (SSSR count). The van der Waals surface area contributed by atoms with E-state index in [0.29, 0.717) is 11.1 Å². The molecule has 0 aliphatic carbocycles. The fraction of sp³-hybridized carbons (Fsp3) is 0.500. The van der Waals surface area contributed by atoms with Crippen molar-refractivity contribution in [3.05, 3.63) is 23.9 Å². The van der Waals surface area contributed by atoms with Gasteiger partial charge >= 0.3 is 6.18 Å². The maximum Gasteiger partial charge on any atom is 0.405 e. The van der Waals surface area contributed by atoms with Crippen LogP contribution in [0.4, 0.5) is 19.0 Å². The Morgan fingerprint density at radius 1 is 1.44 bits per heavy atom. The molecule has 1 aromatic rings. The van der Waals surface area contributed by atoms with Gasteiger partial charge in [0.25, 0.3) is 0 Å². The second-order valence-electron chi connectivity index (χ2n) is 3.37. The topological polar surface area (TPSA) is 16.1 Å². The van der Waals surface area contributed by atoms with E-state index in [1.807, 2.05) is 0 Å². The van der Waals surface area contributed by atoms with Gasteiger partial charge in [-0.2, -0.15) is 13.2 Å².